The molecule has 7 nitrogen and oxygen atoms in total. The molecule has 0 spiro atoms. The van der Waals surface area contributed by atoms with Gasteiger partial charge in [0.2, 0.25) is 0 Å². The molecular weight excluding hydrogens is 397 g/mol. The van der Waals surface area contributed by atoms with Crippen LogP contribution in [0.5, 0.6) is 0 Å². The van der Waals surface area contributed by atoms with Crippen LogP contribution in [0.15, 0.2) is 49.1 Å². The highest BCUT2D eigenvalue weighted by atomic mass is 35.5. The van der Waals surface area contributed by atoms with E-state index in [1.807, 2.05) is 25.1 Å². The number of halogens is 2. The number of aromatic nitrogens is 5. The maximum atomic E-state index is 8.93. The molecule has 0 amide bonds. The van der Waals surface area contributed by atoms with Crippen LogP contribution in [0.1, 0.15) is 24.4 Å². The molecule has 1 unspecified atom stereocenters. The number of nitrogens with one attached hydrogen (secondary N) is 1. The second kappa shape index (κ2) is 7.43. The van der Waals surface area contributed by atoms with Crippen molar-refractivity contribution in [1.82, 2.24) is 24.7 Å². The average molecular weight is 410 g/mol. The number of nitrogens with zero attached hydrogens (tertiary/aromatic N) is 6. The molecule has 0 bridgehead atoms. The van der Waals surface area contributed by atoms with Gasteiger partial charge in [0.15, 0.2) is 11.6 Å². The minimum absolute atomic E-state index is 0.205. The summed E-state index contributed by atoms with van der Waals surface area (Å²) in [6.45, 7) is 1.96. The first-order valence-corrected chi connectivity index (χ1v) is 9.09. The molecule has 0 saturated carbocycles. The summed E-state index contributed by atoms with van der Waals surface area (Å²) in [4.78, 5) is 13.0. The number of pyridine rings is 2. The first-order valence-electron chi connectivity index (χ1n) is 8.33. The van der Waals surface area contributed by atoms with Crippen LogP contribution in [0, 0.1) is 11.3 Å². The molecule has 0 aliphatic heterocycles. The second-order valence-electron chi connectivity index (χ2n) is 6.06. The van der Waals surface area contributed by atoms with Crippen molar-refractivity contribution >= 4 is 39.8 Å². The molecule has 4 rings (SSSR count). The summed E-state index contributed by atoms with van der Waals surface area (Å²) in [5.74, 6) is 1.24. The zero-order valence-electron chi connectivity index (χ0n) is 14.6. The molecule has 0 radical (unpaired) electrons. The molecule has 1 atom stereocenters. The predicted molar refractivity (Wildman–Crippen MR) is 108 cm³/mol. The van der Waals surface area contributed by atoms with Crippen molar-refractivity contribution in [2.45, 2.75) is 13.0 Å². The number of rotatable bonds is 4. The summed E-state index contributed by atoms with van der Waals surface area (Å²) in [5.41, 5.74) is 1.97. The molecule has 0 aliphatic carbocycles. The van der Waals surface area contributed by atoms with Crippen LogP contribution in [-0.4, -0.2) is 24.7 Å². The first kappa shape index (κ1) is 18.2. The van der Waals surface area contributed by atoms with Crippen molar-refractivity contribution in [3.05, 3.63) is 70.5 Å². The average Bonchev–Trinajstić information content (AvgIpc) is 3.18. The molecule has 4 aromatic rings. The Balaban J connectivity index is 1.69. The quantitative estimate of drug-likeness (QED) is 0.530. The van der Waals surface area contributed by atoms with E-state index in [9.17, 15) is 0 Å². The lowest BCUT2D eigenvalue weighted by Crippen LogP contribution is -2.14. The maximum Gasteiger partial charge on any atom is 0.156 e. The van der Waals surface area contributed by atoms with Crippen molar-refractivity contribution in [2.75, 3.05) is 5.32 Å². The Morgan fingerprint density at radius 1 is 1.14 bits per heavy atom. The predicted octanol–water partition coefficient (Wildman–Crippen LogP) is 4.56. The highest BCUT2D eigenvalue weighted by Crippen LogP contribution is 2.32. The van der Waals surface area contributed by atoms with Crippen molar-refractivity contribution in [3.8, 4) is 11.9 Å². The molecule has 3 heterocycles. The zero-order chi connectivity index (χ0) is 19.7. The summed E-state index contributed by atoms with van der Waals surface area (Å²) in [6.07, 6.45) is 4.65. The molecule has 138 valence electrons. The highest BCUT2D eigenvalue weighted by molar-refractivity contribution is 6.38. The monoisotopic (exact) mass is 409 g/mol. The van der Waals surface area contributed by atoms with Gasteiger partial charge in [0.05, 0.1) is 22.1 Å². The van der Waals surface area contributed by atoms with Gasteiger partial charge < -0.3 is 5.32 Å². The lowest BCUT2D eigenvalue weighted by molar-refractivity contribution is 0.712. The van der Waals surface area contributed by atoms with E-state index >= 15 is 0 Å². The SMILES string of the molecule is CC(Nc1ccnc2c(Cl)cc(Cl)cc12)c1ncnn1-c1ccc(C#N)cn1. The maximum absolute atomic E-state index is 8.93. The molecule has 0 aliphatic rings. The number of hydrogen-bond acceptors (Lipinski definition) is 6. The summed E-state index contributed by atoms with van der Waals surface area (Å²) in [6, 6.07) is 10.6. The third-order valence-corrected chi connectivity index (χ3v) is 4.70. The van der Waals surface area contributed by atoms with Gasteiger partial charge in [-0.15, -0.1) is 0 Å². The van der Waals surface area contributed by atoms with Gasteiger partial charge in [0.25, 0.3) is 0 Å². The number of anilines is 1. The minimum atomic E-state index is -0.205. The number of hydrogen-bond donors (Lipinski definition) is 1. The van der Waals surface area contributed by atoms with Crippen molar-refractivity contribution < 1.29 is 0 Å². The third kappa shape index (κ3) is 3.36. The van der Waals surface area contributed by atoms with E-state index in [0.717, 1.165) is 11.1 Å². The molecule has 1 N–H and O–H groups in total. The van der Waals surface area contributed by atoms with E-state index in [1.165, 1.54) is 12.5 Å². The smallest absolute Gasteiger partial charge is 0.156 e. The highest BCUT2D eigenvalue weighted by Gasteiger charge is 2.17. The van der Waals surface area contributed by atoms with Crippen LogP contribution in [0.2, 0.25) is 10.0 Å². The van der Waals surface area contributed by atoms with Gasteiger partial charge in [-0.2, -0.15) is 15.0 Å². The van der Waals surface area contributed by atoms with Crippen molar-refractivity contribution in [3.63, 3.8) is 0 Å². The molecule has 0 saturated heterocycles. The Bertz CT molecular complexity index is 1200. The summed E-state index contributed by atoms with van der Waals surface area (Å²) in [5, 5.41) is 18.4. The molecule has 1 aromatic carbocycles. The first-order chi connectivity index (χ1) is 13.6. The molecule has 9 heteroatoms. The summed E-state index contributed by atoms with van der Waals surface area (Å²) in [7, 11) is 0. The Kier molecular flexibility index (Phi) is 4.82. The number of benzene rings is 1. The fourth-order valence-electron chi connectivity index (χ4n) is 2.90. The number of fused-ring (bicyclic) bond motifs is 1. The molecule has 3 aromatic heterocycles. The van der Waals surface area contributed by atoms with E-state index in [2.05, 4.69) is 25.4 Å². The van der Waals surface area contributed by atoms with Crippen LogP contribution in [0.4, 0.5) is 5.69 Å². The largest absolute Gasteiger partial charge is 0.375 e. The molecular formula is C19H13Cl2N7. The fourth-order valence-corrected chi connectivity index (χ4v) is 3.44. The van der Waals surface area contributed by atoms with Gasteiger partial charge in [-0.05, 0) is 37.3 Å². The van der Waals surface area contributed by atoms with E-state index in [1.54, 1.807) is 29.1 Å². The van der Waals surface area contributed by atoms with E-state index in [0.29, 0.717) is 32.8 Å². The van der Waals surface area contributed by atoms with Gasteiger partial charge in [-0.1, -0.05) is 23.2 Å². The Morgan fingerprint density at radius 3 is 2.75 bits per heavy atom. The van der Waals surface area contributed by atoms with Crippen LogP contribution < -0.4 is 5.32 Å². The normalized spacial score (nSPS) is 11.9. The van der Waals surface area contributed by atoms with Crippen molar-refractivity contribution in [1.29, 1.82) is 5.26 Å². The van der Waals surface area contributed by atoms with Gasteiger partial charge in [0.1, 0.15) is 12.4 Å². The number of nitriles is 1. The lowest BCUT2D eigenvalue weighted by atomic mass is 10.1. The fraction of sp³-hybridized carbons (Fsp3) is 0.105. The van der Waals surface area contributed by atoms with Crippen LogP contribution >= 0.6 is 23.2 Å². The lowest BCUT2D eigenvalue weighted by Gasteiger charge is -2.17. The molecule has 28 heavy (non-hydrogen) atoms. The van der Waals surface area contributed by atoms with Gasteiger partial charge >= 0.3 is 0 Å². The van der Waals surface area contributed by atoms with E-state index in [4.69, 9.17) is 28.5 Å². The van der Waals surface area contributed by atoms with Gasteiger partial charge in [-0.25, -0.2) is 9.97 Å². The van der Waals surface area contributed by atoms with E-state index < -0.39 is 0 Å². The Morgan fingerprint density at radius 2 is 2.00 bits per heavy atom. The molecule has 0 fully saturated rings. The van der Waals surface area contributed by atoms with Crippen LogP contribution in [-0.2, 0) is 0 Å². The van der Waals surface area contributed by atoms with Crippen LogP contribution in [0.3, 0.4) is 0 Å². The zero-order valence-corrected chi connectivity index (χ0v) is 16.1. The van der Waals surface area contributed by atoms with E-state index in [-0.39, 0.29) is 6.04 Å². The minimum Gasteiger partial charge on any atom is -0.375 e. The summed E-state index contributed by atoms with van der Waals surface area (Å²) >= 11 is 12.4. The topological polar surface area (TPSA) is 92.3 Å². The second-order valence-corrected chi connectivity index (χ2v) is 6.90. The van der Waals surface area contributed by atoms with Gasteiger partial charge in [-0.3, -0.25) is 4.98 Å². The third-order valence-electron chi connectivity index (χ3n) is 4.19. The van der Waals surface area contributed by atoms with Crippen LogP contribution in [0.25, 0.3) is 16.7 Å². The van der Waals surface area contributed by atoms with Gasteiger partial charge in [0, 0.05) is 28.5 Å². The Labute approximate surface area is 170 Å². The summed E-state index contributed by atoms with van der Waals surface area (Å²) < 4.78 is 1.63. The Hall–Kier alpha value is -3.21. The standard InChI is InChI=1S/C19H13Cl2N7/c1-11(19-25-10-26-28(19)17-3-2-12(8-22)9-24-17)27-16-4-5-23-18-14(16)6-13(20)7-15(18)21/h2-7,9-11H,1H3,(H,23,27). The van der Waals surface area contributed by atoms with Crippen molar-refractivity contribution in [2.24, 2.45) is 0 Å².